The van der Waals surface area contributed by atoms with Crippen molar-refractivity contribution in [2.75, 3.05) is 11.9 Å². The molecule has 0 N–H and O–H groups in total. The zero-order valence-electron chi connectivity index (χ0n) is 11.2. The van der Waals surface area contributed by atoms with Gasteiger partial charge in [-0.15, -0.1) is 0 Å². The summed E-state index contributed by atoms with van der Waals surface area (Å²) in [4.78, 5) is 14.7. The summed E-state index contributed by atoms with van der Waals surface area (Å²) in [5, 5.41) is 1.56. The highest BCUT2D eigenvalue weighted by molar-refractivity contribution is 9.09. The number of carbonyl (C=O) groups is 1. The minimum absolute atomic E-state index is 0.131. The number of halogens is 2. The van der Waals surface area contributed by atoms with Gasteiger partial charge in [0.1, 0.15) is 0 Å². The lowest BCUT2D eigenvalue weighted by molar-refractivity contribution is 0.0702. The second kappa shape index (κ2) is 6.76. The van der Waals surface area contributed by atoms with Gasteiger partial charge in [-0.25, -0.2) is 0 Å². The average Bonchev–Trinajstić information content (AvgIpc) is 2.66. The van der Waals surface area contributed by atoms with E-state index in [1.165, 1.54) is 12.8 Å². The number of nitrogens with zero attached hydrogens (tertiary/aromatic N) is 1. The smallest absolute Gasteiger partial charge is 0.254 e. The Labute approximate surface area is 128 Å². The molecule has 0 aromatic heterocycles. The minimum atomic E-state index is 0.131. The largest absolute Gasteiger partial charge is 0.335 e. The molecule has 1 saturated heterocycles. The number of aryl methyl sites for hydroxylation is 1. The number of rotatable bonds is 2. The minimum Gasteiger partial charge on any atom is -0.335 e. The molecule has 0 bridgehead atoms. The van der Waals surface area contributed by atoms with Gasteiger partial charge in [0.25, 0.3) is 5.91 Å². The van der Waals surface area contributed by atoms with E-state index in [2.05, 4.69) is 15.9 Å². The first-order valence-electron chi connectivity index (χ1n) is 6.76. The molecule has 4 heteroatoms. The molecule has 104 valence electrons. The molecule has 1 aliphatic rings. The van der Waals surface area contributed by atoms with Gasteiger partial charge in [-0.2, -0.15) is 0 Å². The Morgan fingerprint density at radius 2 is 2.21 bits per heavy atom. The first kappa shape index (κ1) is 14.9. The summed E-state index contributed by atoms with van der Waals surface area (Å²) in [7, 11) is 0. The molecule has 1 atom stereocenters. The van der Waals surface area contributed by atoms with E-state index in [9.17, 15) is 4.79 Å². The van der Waals surface area contributed by atoms with Gasteiger partial charge in [0.15, 0.2) is 0 Å². The zero-order valence-corrected chi connectivity index (χ0v) is 13.5. The topological polar surface area (TPSA) is 20.3 Å². The Bertz CT molecular complexity index is 463. The molecule has 0 radical (unpaired) electrons. The van der Waals surface area contributed by atoms with Crippen LogP contribution in [-0.4, -0.2) is 28.7 Å². The highest BCUT2D eigenvalue weighted by atomic mass is 79.9. The SMILES string of the molecule is Cc1cc(C(=O)N2CCCCCC2CBr)ccc1Cl. The number of benzene rings is 1. The normalized spacial score (nSPS) is 20.2. The monoisotopic (exact) mass is 343 g/mol. The van der Waals surface area contributed by atoms with Crippen molar-refractivity contribution >= 4 is 33.4 Å². The lowest BCUT2D eigenvalue weighted by atomic mass is 10.1. The molecule has 0 saturated carbocycles. The number of alkyl halides is 1. The molecular weight excluding hydrogens is 326 g/mol. The van der Waals surface area contributed by atoms with Gasteiger partial charge in [0.2, 0.25) is 0 Å². The average molecular weight is 345 g/mol. The summed E-state index contributed by atoms with van der Waals surface area (Å²) < 4.78 is 0. The van der Waals surface area contributed by atoms with Crippen molar-refractivity contribution in [2.24, 2.45) is 0 Å². The zero-order chi connectivity index (χ0) is 13.8. The van der Waals surface area contributed by atoms with Crippen LogP contribution in [0.1, 0.15) is 41.6 Å². The molecule has 2 nitrogen and oxygen atoms in total. The quantitative estimate of drug-likeness (QED) is 0.727. The van der Waals surface area contributed by atoms with Crippen LogP contribution in [0.15, 0.2) is 18.2 Å². The van der Waals surface area contributed by atoms with Crippen LogP contribution in [0.3, 0.4) is 0 Å². The molecular formula is C15H19BrClNO. The van der Waals surface area contributed by atoms with Crippen LogP contribution >= 0.6 is 27.5 Å². The predicted molar refractivity (Wildman–Crippen MR) is 83.3 cm³/mol. The molecule has 1 heterocycles. The molecule has 19 heavy (non-hydrogen) atoms. The maximum Gasteiger partial charge on any atom is 0.254 e. The van der Waals surface area contributed by atoms with Gasteiger partial charge < -0.3 is 4.90 Å². The van der Waals surface area contributed by atoms with Crippen molar-refractivity contribution in [3.05, 3.63) is 34.3 Å². The Balaban J connectivity index is 2.22. The van der Waals surface area contributed by atoms with E-state index in [0.717, 1.165) is 35.8 Å². The highest BCUT2D eigenvalue weighted by Gasteiger charge is 2.25. The third-order valence-electron chi connectivity index (χ3n) is 3.72. The highest BCUT2D eigenvalue weighted by Crippen LogP contribution is 2.23. The molecule has 0 spiro atoms. The second-order valence-corrected chi connectivity index (χ2v) is 6.17. The fraction of sp³-hybridized carbons (Fsp3) is 0.533. The van der Waals surface area contributed by atoms with Crippen molar-refractivity contribution in [1.82, 2.24) is 4.90 Å². The molecule has 1 aromatic carbocycles. The van der Waals surface area contributed by atoms with Crippen molar-refractivity contribution in [2.45, 2.75) is 38.6 Å². The third-order valence-corrected chi connectivity index (χ3v) is 4.89. The second-order valence-electron chi connectivity index (χ2n) is 5.12. The molecule has 1 aliphatic heterocycles. The lowest BCUT2D eigenvalue weighted by Crippen LogP contribution is -2.41. The summed E-state index contributed by atoms with van der Waals surface area (Å²) >= 11 is 9.56. The lowest BCUT2D eigenvalue weighted by Gasteiger charge is -2.29. The molecule has 1 fully saturated rings. The fourth-order valence-corrected chi connectivity index (χ4v) is 3.34. The summed E-state index contributed by atoms with van der Waals surface area (Å²) in [6.07, 6.45) is 4.61. The number of hydrogen-bond donors (Lipinski definition) is 0. The summed E-state index contributed by atoms with van der Waals surface area (Å²) in [5.74, 6) is 0.131. The number of amides is 1. The van der Waals surface area contributed by atoms with E-state index >= 15 is 0 Å². The fourth-order valence-electron chi connectivity index (χ4n) is 2.55. The third kappa shape index (κ3) is 3.51. The summed E-state index contributed by atoms with van der Waals surface area (Å²) in [6, 6.07) is 5.84. The Morgan fingerprint density at radius 1 is 1.42 bits per heavy atom. The maximum atomic E-state index is 12.6. The van der Waals surface area contributed by atoms with Crippen molar-refractivity contribution < 1.29 is 4.79 Å². The van der Waals surface area contributed by atoms with Gasteiger partial charge >= 0.3 is 0 Å². The van der Waals surface area contributed by atoms with Crippen LogP contribution < -0.4 is 0 Å². The van der Waals surface area contributed by atoms with Crippen LogP contribution in [0.4, 0.5) is 0 Å². The van der Waals surface area contributed by atoms with Crippen LogP contribution in [0.2, 0.25) is 5.02 Å². The maximum absolute atomic E-state index is 12.6. The van der Waals surface area contributed by atoms with E-state index < -0.39 is 0 Å². The van der Waals surface area contributed by atoms with Gasteiger partial charge in [-0.3, -0.25) is 4.79 Å². The Kier molecular flexibility index (Phi) is 5.28. The van der Waals surface area contributed by atoms with Gasteiger partial charge in [0, 0.05) is 28.5 Å². The Morgan fingerprint density at radius 3 is 2.89 bits per heavy atom. The Hall–Kier alpha value is -0.540. The summed E-state index contributed by atoms with van der Waals surface area (Å²) in [5.41, 5.74) is 1.70. The van der Waals surface area contributed by atoms with E-state index in [0.29, 0.717) is 11.1 Å². The van der Waals surface area contributed by atoms with E-state index in [-0.39, 0.29) is 5.91 Å². The molecule has 1 unspecified atom stereocenters. The molecule has 1 amide bonds. The molecule has 2 rings (SSSR count). The first-order chi connectivity index (χ1) is 9.13. The van der Waals surface area contributed by atoms with Gasteiger partial charge in [-0.05, 0) is 43.5 Å². The number of likely N-dealkylation sites (tertiary alicyclic amines) is 1. The number of carbonyl (C=O) groups excluding carboxylic acids is 1. The van der Waals surface area contributed by atoms with Crippen LogP contribution in [-0.2, 0) is 0 Å². The van der Waals surface area contributed by atoms with Crippen molar-refractivity contribution in [3.63, 3.8) is 0 Å². The van der Waals surface area contributed by atoms with Crippen LogP contribution in [0.25, 0.3) is 0 Å². The van der Waals surface area contributed by atoms with Gasteiger partial charge in [-0.1, -0.05) is 40.4 Å². The first-order valence-corrected chi connectivity index (χ1v) is 8.26. The van der Waals surface area contributed by atoms with E-state index in [1.54, 1.807) is 0 Å². The molecule has 0 aliphatic carbocycles. The summed E-state index contributed by atoms with van der Waals surface area (Å²) in [6.45, 7) is 2.79. The number of hydrogen-bond acceptors (Lipinski definition) is 1. The van der Waals surface area contributed by atoms with Crippen molar-refractivity contribution in [1.29, 1.82) is 0 Å². The van der Waals surface area contributed by atoms with E-state index in [4.69, 9.17) is 11.6 Å². The van der Waals surface area contributed by atoms with Crippen molar-refractivity contribution in [3.8, 4) is 0 Å². The predicted octanol–water partition coefficient (Wildman–Crippen LogP) is 4.43. The van der Waals surface area contributed by atoms with Gasteiger partial charge in [0.05, 0.1) is 0 Å². The standard InChI is InChI=1S/C15H19BrClNO/c1-11-9-12(6-7-14(11)17)15(19)18-8-4-2-3-5-13(18)10-16/h6-7,9,13H,2-5,8,10H2,1H3. The van der Waals surface area contributed by atoms with E-state index in [1.807, 2.05) is 30.0 Å². The van der Waals surface area contributed by atoms with Crippen LogP contribution in [0, 0.1) is 6.92 Å². The van der Waals surface area contributed by atoms with Crippen LogP contribution in [0.5, 0.6) is 0 Å². The molecule has 1 aromatic rings.